The summed E-state index contributed by atoms with van der Waals surface area (Å²) < 4.78 is 0. The van der Waals surface area contributed by atoms with E-state index in [2.05, 4.69) is 6.79 Å². The molecule has 0 aliphatic carbocycles. The first-order valence-corrected chi connectivity index (χ1v) is 0.236. The van der Waals surface area contributed by atoms with Gasteiger partial charge in [-0.25, -0.2) is 0 Å². The van der Waals surface area contributed by atoms with Crippen molar-refractivity contribution in [1.82, 2.24) is 0 Å². The van der Waals surface area contributed by atoms with Gasteiger partial charge in [-0.1, -0.05) is 0 Å². The van der Waals surface area contributed by atoms with Gasteiger partial charge in [-0.2, -0.15) is 0 Å². The third kappa shape index (κ3) is 55.8. The first kappa shape index (κ1) is 62.5. The summed E-state index contributed by atoms with van der Waals surface area (Å²) >= 11 is 0. The van der Waals surface area contributed by atoms with Crippen LogP contribution in [0, 0.1) is 108 Å². The van der Waals surface area contributed by atoms with Gasteiger partial charge in [0.15, 0.2) is 0 Å². The summed E-state index contributed by atoms with van der Waals surface area (Å²) in [5, 5.41) is 0. The smallest absolute Gasteiger partial charge is 0 e. The Hall–Kier alpha value is 3.51. The minimum atomic E-state index is 0. The van der Waals surface area contributed by atoms with Gasteiger partial charge in [0.05, 0.1) is 0 Å². The summed E-state index contributed by atoms with van der Waals surface area (Å²) in [6, 6.07) is 0. The minimum absolute atomic E-state index is 0. The van der Waals surface area contributed by atoms with E-state index < -0.39 is 0 Å². The van der Waals surface area contributed by atoms with E-state index in [1.807, 2.05) is 0 Å². The molecule has 0 aromatic rings. The molecule has 0 aliphatic rings. The Morgan fingerprint density at radius 1 is 0.750 bits per heavy atom. The van der Waals surface area contributed by atoms with Crippen LogP contribution >= 0.6 is 0 Å². The Labute approximate surface area is 138 Å². The molecule has 0 amide bonds. The average Bonchev–Trinajstić information content (AvgIpc) is 1.00. The molecular formula is C3H7OU3W-3. The van der Waals surface area contributed by atoms with Gasteiger partial charge < -0.3 is 19.6 Å². The zero-order valence-electron chi connectivity index (χ0n) is 4.89. The fourth-order valence-corrected chi connectivity index (χ4v) is 0. The van der Waals surface area contributed by atoms with E-state index in [0.717, 1.165) is 0 Å². The van der Waals surface area contributed by atoms with E-state index in [9.17, 15) is 0 Å². The maximum Gasteiger partial charge on any atom is 0 e. The predicted octanol–water partition coefficient (Wildman–Crippen LogP) is 0.624. The summed E-state index contributed by atoms with van der Waals surface area (Å²) in [5.74, 6) is 0. The van der Waals surface area contributed by atoms with Gasteiger partial charge in [0, 0.05) is 114 Å². The van der Waals surface area contributed by atoms with Crippen molar-refractivity contribution in [3.63, 3.8) is 0 Å². The van der Waals surface area contributed by atoms with Gasteiger partial charge in [0.2, 0.25) is 0 Å². The molecule has 0 fully saturated rings. The van der Waals surface area contributed by atoms with Crippen LogP contribution in [0.1, 0.15) is 0 Å². The Bertz CT molecular complexity index is 14.5. The predicted molar refractivity (Wildman–Crippen MR) is 19.6 cm³/mol. The Kier molecular flexibility index (Phi) is 602. The van der Waals surface area contributed by atoms with E-state index in [-0.39, 0.29) is 129 Å². The van der Waals surface area contributed by atoms with E-state index in [1.54, 1.807) is 0 Å². The Morgan fingerprint density at radius 2 is 0.750 bits per heavy atom. The molecule has 0 heterocycles. The van der Waals surface area contributed by atoms with Crippen LogP contribution in [0.25, 0.3) is 0 Å². The van der Waals surface area contributed by atoms with Crippen molar-refractivity contribution in [1.29, 1.82) is 0 Å². The molecule has 0 saturated heterocycles. The zero-order chi connectivity index (χ0) is 2.00. The molecule has 0 atom stereocenters. The molecule has 0 radical (unpaired) electrons. The molecule has 1 nitrogen and oxygen atoms in total. The molecule has 0 spiro atoms. The number of hydrogen-bond donors (Lipinski definition) is 0. The van der Waals surface area contributed by atoms with Gasteiger partial charge >= 0.3 is 0 Å². The summed E-state index contributed by atoms with van der Waals surface area (Å²) in [6.45, 7) is 3.25. The Balaban J connectivity index is -0.000000000333. The van der Waals surface area contributed by atoms with Gasteiger partial charge in [-0.15, -0.1) is 0 Å². The summed E-state index contributed by atoms with van der Waals surface area (Å²) in [4.78, 5) is 7.75. The summed E-state index contributed by atoms with van der Waals surface area (Å²) in [6.07, 6.45) is 0. The van der Waals surface area contributed by atoms with Gasteiger partial charge in [-0.3, -0.25) is 6.79 Å². The molecule has 8 heavy (non-hydrogen) atoms. The standard InChI is InChI=1S/CHO.2CH3.3U.W/c1-2;;;;;;/h1H;2*1H3;;;;/q3*-1;;;;. The molecule has 0 N–H and O–H groups in total. The first-order valence-electron chi connectivity index (χ1n) is 0.236. The van der Waals surface area contributed by atoms with Crippen LogP contribution < -0.4 is 0 Å². The van der Waals surface area contributed by atoms with Crippen LogP contribution in [0.3, 0.4) is 0 Å². The minimum Gasteiger partial charge on any atom is -0.545 e. The molecule has 0 aromatic heterocycles. The van der Waals surface area contributed by atoms with Crippen molar-refractivity contribution >= 4 is 6.79 Å². The second-order valence-corrected chi connectivity index (χ2v) is 0. The normalized spacial score (nSPS) is 0.500. The molecule has 0 rings (SSSR count). The molecular weight excluding hydrogens is 950 g/mol. The number of hydrogen-bond acceptors (Lipinski definition) is 1. The van der Waals surface area contributed by atoms with E-state index in [0.29, 0.717) is 0 Å². The fraction of sp³-hybridized carbons (Fsp3) is 0. The van der Waals surface area contributed by atoms with Crippen molar-refractivity contribution in [3.05, 3.63) is 14.9 Å². The average molecular weight is 957 g/mol. The number of rotatable bonds is 0. The second kappa shape index (κ2) is 77.1. The third-order valence-electron chi connectivity index (χ3n) is 0. The molecule has 0 bridgehead atoms. The van der Waals surface area contributed by atoms with Crippen molar-refractivity contribution in [2.75, 3.05) is 0 Å². The zero-order valence-corrected chi connectivity index (χ0v) is 20.3. The maximum absolute atomic E-state index is 7.75. The van der Waals surface area contributed by atoms with E-state index in [1.165, 1.54) is 0 Å². The molecule has 0 aliphatic heterocycles. The van der Waals surface area contributed by atoms with Crippen LogP contribution in [0.5, 0.6) is 0 Å². The van der Waals surface area contributed by atoms with Crippen LogP contribution in [-0.2, 0) is 25.9 Å². The SMILES string of the molecule is [CH-]=O.[CH3-].[CH3-].[U].[U].[U].[W]. The quantitative estimate of drug-likeness (QED) is 0.258. The molecule has 0 unspecified atom stereocenters. The summed E-state index contributed by atoms with van der Waals surface area (Å²) in [5.41, 5.74) is 0. The van der Waals surface area contributed by atoms with Crippen molar-refractivity contribution in [2.24, 2.45) is 0 Å². The second-order valence-electron chi connectivity index (χ2n) is 0. The van der Waals surface area contributed by atoms with Crippen LogP contribution in [0.15, 0.2) is 0 Å². The molecule has 0 saturated carbocycles. The molecule has 46 valence electrons. The Morgan fingerprint density at radius 3 is 0.750 bits per heavy atom. The van der Waals surface area contributed by atoms with E-state index >= 15 is 0 Å². The largest absolute Gasteiger partial charge is 0.545 e. The monoisotopic (exact) mass is 957 g/mol. The van der Waals surface area contributed by atoms with Gasteiger partial charge in [0.1, 0.15) is 0 Å². The van der Waals surface area contributed by atoms with Gasteiger partial charge in [-0.05, 0) is 0 Å². The summed E-state index contributed by atoms with van der Waals surface area (Å²) in [7, 11) is 0. The van der Waals surface area contributed by atoms with Crippen molar-refractivity contribution < 1.29 is 119 Å². The van der Waals surface area contributed by atoms with Crippen LogP contribution in [-0.4, -0.2) is 6.79 Å². The fourth-order valence-electron chi connectivity index (χ4n) is 0. The van der Waals surface area contributed by atoms with Crippen LogP contribution in [0.2, 0.25) is 0 Å². The maximum atomic E-state index is 7.75. The molecule has 0 aromatic carbocycles. The molecule has 5 heteroatoms. The first-order chi connectivity index (χ1) is 1.00. The van der Waals surface area contributed by atoms with Crippen LogP contribution in [0.4, 0.5) is 0 Å². The third-order valence-corrected chi connectivity index (χ3v) is 0. The van der Waals surface area contributed by atoms with Crippen molar-refractivity contribution in [2.45, 2.75) is 0 Å². The van der Waals surface area contributed by atoms with E-state index in [4.69, 9.17) is 4.79 Å². The van der Waals surface area contributed by atoms with Crippen molar-refractivity contribution in [3.8, 4) is 0 Å². The topological polar surface area (TPSA) is 17.1 Å². The number of carbonyl (C=O) groups excluding carboxylic acids is 1. The van der Waals surface area contributed by atoms with Gasteiger partial charge in [0.25, 0.3) is 0 Å².